The Balaban J connectivity index is 1.46. The molecule has 32 heavy (non-hydrogen) atoms. The number of hydrogen-bond acceptors (Lipinski definition) is 5. The highest BCUT2D eigenvalue weighted by molar-refractivity contribution is 6.31. The van der Waals surface area contributed by atoms with Gasteiger partial charge in [-0.2, -0.15) is 0 Å². The SMILES string of the molecule is CC(C)(C)c1cc(Cl)cc(NC(=O)Nc2cccc(Oc3ccnc4c3OC(=O)C4)c2)c1. The van der Waals surface area contributed by atoms with E-state index in [0.29, 0.717) is 39.3 Å². The maximum Gasteiger partial charge on any atom is 0.323 e. The fourth-order valence-electron chi connectivity index (χ4n) is 3.23. The summed E-state index contributed by atoms with van der Waals surface area (Å²) in [6.45, 7) is 6.23. The molecular formula is C24H22ClN3O4. The third-order valence-corrected chi connectivity index (χ3v) is 5.03. The van der Waals surface area contributed by atoms with E-state index in [2.05, 4.69) is 36.4 Å². The third-order valence-electron chi connectivity index (χ3n) is 4.81. The first-order valence-corrected chi connectivity index (χ1v) is 10.4. The highest BCUT2D eigenvalue weighted by atomic mass is 35.5. The van der Waals surface area contributed by atoms with Gasteiger partial charge in [0.25, 0.3) is 0 Å². The molecule has 4 rings (SSSR count). The minimum absolute atomic E-state index is 0.106. The van der Waals surface area contributed by atoms with Gasteiger partial charge in [-0.25, -0.2) is 4.79 Å². The first-order chi connectivity index (χ1) is 15.2. The number of anilines is 2. The van der Waals surface area contributed by atoms with E-state index in [9.17, 15) is 9.59 Å². The molecule has 2 N–H and O–H groups in total. The van der Waals surface area contributed by atoms with Crippen LogP contribution in [0, 0.1) is 0 Å². The van der Waals surface area contributed by atoms with Crippen molar-refractivity contribution in [1.29, 1.82) is 0 Å². The number of pyridine rings is 1. The summed E-state index contributed by atoms with van der Waals surface area (Å²) in [6.07, 6.45) is 1.68. The van der Waals surface area contributed by atoms with Gasteiger partial charge in [0.2, 0.25) is 0 Å². The molecule has 8 heteroatoms. The van der Waals surface area contributed by atoms with Gasteiger partial charge in [-0.05, 0) is 41.3 Å². The standard InChI is InChI=1S/C24H22ClN3O4/c1-24(2,3)14-9-15(25)11-17(10-14)28-23(30)27-16-5-4-6-18(12-16)31-20-7-8-26-19-13-21(29)32-22(19)20/h4-12H,13H2,1-3H3,(H2,27,28,30). The van der Waals surface area contributed by atoms with Gasteiger partial charge in [0.15, 0.2) is 11.5 Å². The number of aromatic nitrogens is 1. The summed E-state index contributed by atoms with van der Waals surface area (Å²) in [6, 6.07) is 13.6. The van der Waals surface area contributed by atoms with Crippen molar-refractivity contribution in [3.8, 4) is 17.2 Å². The van der Waals surface area contributed by atoms with Gasteiger partial charge in [-0.15, -0.1) is 0 Å². The normalized spacial score (nSPS) is 12.7. The molecule has 0 saturated heterocycles. The first-order valence-electron chi connectivity index (χ1n) is 10.0. The van der Waals surface area contributed by atoms with Gasteiger partial charge in [0.05, 0.1) is 12.1 Å². The largest absolute Gasteiger partial charge is 0.453 e. The molecule has 2 aromatic carbocycles. The molecule has 0 fully saturated rings. The maximum atomic E-state index is 12.5. The van der Waals surface area contributed by atoms with E-state index < -0.39 is 6.03 Å². The van der Waals surface area contributed by atoms with Gasteiger partial charge < -0.3 is 20.1 Å². The molecule has 0 atom stereocenters. The summed E-state index contributed by atoms with van der Waals surface area (Å²) in [7, 11) is 0. The topological polar surface area (TPSA) is 89.6 Å². The van der Waals surface area contributed by atoms with E-state index in [1.54, 1.807) is 42.6 Å². The van der Waals surface area contributed by atoms with Gasteiger partial charge in [-0.3, -0.25) is 9.78 Å². The Kier molecular flexibility index (Phi) is 5.76. The van der Waals surface area contributed by atoms with Crippen LogP contribution in [0.4, 0.5) is 16.2 Å². The average molecular weight is 452 g/mol. The lowest BCUT2D eigenvalue weighted by Gasteiger charge is -2.20. The molecule has 0 aliphatic carbocycles. The highest BCUT2D eigenvalue weighted by Crippen LogP contribution is 2.37. The lowest BCUT2D eigenvalue weighted by molar-refractivity contribution is -0.131. The van der Waals surface area contributed by atoms with Crippen LogP contribution in [0.15, 0.2) is 54.7 Å². The predicted molar refractivity (Wildman–Crippen MR) is 123 cm³/mol. The van der Waals surface area contributed by atoms with Gasteiger partial charge >= 0.3 is 12.0 Å². The maximum absolute atomic E-state index is 12.5. The third kappa shape index (κ3) is 5.00. The van der Waals surface area contributed by atoms with Crippen molar-refractivity contribution in [2.45, 2.75) is 32.6 Å². The van der Waals surface area contributed by atoms with Crippen LogP contribution < -0.4 is 20.1 Å². The number of amides is 2. The highest BCUT2D eigenvalue weighted by Gasteiger charge is 2.26. The second-order valence-electron chi connectivity index (χ2n) is 8.42. The van der Waals surface area contributed by atoms with Crippen LogP contribution >= 0.6 is 11.6 Å². The summed E-state index contributed by atoms with van der Waals surface area (Å²) >= 11 is 6.22. The van der Waals surface area contributed by atoms with E-state index in [4.69, 9.17) is 21.1 Å². The number of hydrogen-bond donors (Lipinski definition) is 2. The van der Waals surface area contributed by atoms with Crippen LogP contribution in [0.5, 0.6) is 17.2 Å². The Labute approximate surface area is 190 Å². The van der Waals surface area contributed by atoms with Crippen molar-refractivity contribution in [3.05, 3.63) is 71.0 Å². The van der Waals surface area contributed by atoms with Crippen LogP contribution in [0.1, 0.15) is 32.0 Å². The smallest absolute Gasteiger partial charge is 0.323 e. The van der Waals surface area contributed by atoms with Crippen LogP contribution in [0.3, 0.4) is 0 Å². The summed E-state index contributed by atoms with van der Waals surface area (Å²) in [5.74, 6) is 0.809. The Hall–Kier alpha value is -3.58. The minimum Gasteiger partial charge on any atom is -0.453 e. The Morgan fingerprint density at radius 2 is 1.88 bits per heavy atom. The Morgan fingerprint density at radius 1 is 1.09 bits per heavy atom. The number of nitrogens with one attached hydrogen (secondary N) is 2. The molecule has 2 amide bonds. The molecule has 1 aromatic heterocycles. The predicted octanol–water partition coefficient (Wildman–Crippen LogP) is 5.93. The number of halogens is 1. The number of fused-ring (bicyclic) bond motifs is 1. The van der Waals surface area contributed by atoms with Crippen LogP contribution in [0.25, 0.3) is 0 Å². The summed E-state index contributed by atoms with van der Waals surface area (Å²) in [5, 5.41) is 6.14. The first kappa shape index (κ1) is 21.6. The van der Waals surface area contributed by atoms with Crippen LogP contribution in [-0.2, 0) is 16.6 Å². The molecule has 3 aromatic rings. The molecule has 1 aliphatic heterocycles. The van der Waals surface area contributed by atoms with Gasteiger partial charge in [0, 0.05) is 34.7 Å². The molecule has 1 aliphatic rings. The number of esters is 1. The van der Waals surface area contributed by atoms with Crippen LogP contribution in [-0.4, -0.2) is 17.0 Å². The molecule has 0 radical (unpaired) electrons. The molecule has 164 valence electrons. The quantitative estimate of drug-likeness (QED) is 0.480. The van der Waals surface area contributed by atoms with Crippen molar-refractivity contribution < 1.29 is 19.1 Å². The zero-order chi connectivity index (χ0) is 22.9. The number of carbonyl (C=O) groups excluding carboxylic acids is 2. The molecule has 0 spiro atoms. The molecule has 7 nitrogen and oxygen atoms in total. The number of ether oxygens (including phenoxy) is 2. The Bertz CT molecular complexity index is 1200. The molecule has 0 bridgehead atoms. The van der Waals surface area contributed by atoms with Gasteiger partial charge in [-0.1, -0.05) is 38.4 Å². The lowest BCUT2D eigenvalue weighted by atomic mass is 9.87. The van der Waals surface area contributed by atoms with Crippen molar-refractivity contribution >= 4 is 35.0 Å². The average Bonchev–Trinajstić information content (AvgIpc) is 3.08. The van der Waals surface area contributed by atoms with Crippen molar-refractivity contribution in [2.24, 2.45) is 0 Å². The summed E-state index contributed by atoms with van der Waals surface area (Å²) < 4.78 is 11.1. The molecular weight excluding hydrogens is 430 g/mol. The van der Waals surface area contributed by atoms with E-state index >= 15 is 0 Å². The summed E-state index contributed by atoms with van der Waals surface area (Å²) in [5.41, 5.74) is 2.58. The lowest BCUT2D eigenvalue weighted by Crippen LogP contribution is -2.20. The number of nitrogens with zero attached hydrogens (tertiary/aromatic N) is 1. The number of urea groups is 1. The van der Waals surface area contributed by atoms with E-state index in [1.807, 2.05) is 12.1 Å². The molecule has 2 heterocycles. The van der Waals surface area contributed by atoms with Crippen molar-refractivity contribution in [2.75, 3.05) is 10.6 Å². The second kappa shape index (κ2) is 8.51. The van der Waals surface area contributed by atoms with E-state index in [-0.39, 0.29) is 17.8 Å². The summed E-state index contributed by atoms with van der Waals surface area (Å²) in [4.78, 5) is 28.2. The van der Waals surface area contributed by atoms with Gasteiger partial charge in [0.1, 0.15) is 5.75 Å². The van der Waals surface area contributed by atoms with Crippen LogP contribution in [0.2, 0.25) is 5.02 Å². The fourth-order valence-corrected chi connectivity index (χ4v) is 3.46. The van der Waals surface area contributed by atoms with E-state index in [1.165, 1.54) is 0 Å². The number of benzene rings is 2. The van der Waals surface area contributed by atoms with Crippen molar-refractivity contribution in [3.63, 3.8) is 0 Å². The molecule has 0 saturated carbocycles. The zero-order valence-electron chi connectivity index (χ0n) is 17.9. The Morgan fingerprint density at radius 3 is 2.66 bits per heavy atom. The number of rotatable bonds is 4. The second-order valence-corrected chi connectivity index (χ2v) is 8.86. The number of carbonyl (C=O) groups is 2. The minimum atomic E-state index is -0.414. The van der Waals surface area contributed by atoms with E-state index in [0.717, 1.165) is 5.56 Å². The fraction of sp³-hybridized carbons (Fsp3) is 0.208. The zero-order valence-corrected chi connectivity index (χ0v) is 18.6. The molecule has 0 unspecified atom stereocenters. The monoisotopic (exact) mass is 451 g/mol. The van der Waals surface area contributed by atoms with Crippen molar-refractivity contribution in [1.82, 2.24) is 4.98 Å².